The van der Waals surface area contributed by atoms with Gasteiger partial charge >= 0.3 is 5.69 Å². The summed E-state index contributed by atoms with van der Waals surface area (Å²) < 4.78 is 2.35. The molecule has 29 heavy (non-hydrogen) atoms. The van der Waals surface area contributed by atoms with Crippen molar-refractivity contribution < 1.29 is 9.90 Å². The molecule has 0 aromatic carbocycles. The third-order valence-corrected chi connectivity index (χ3v) is 6.82. The van der Waals surface area contributed by atoms with E-state index < -0.39 is 22.5 Å². The molecule has 0 unspecified atom stereocenters. The molecule has 0 amide bonds. The molecule has 0 aliphatic heterocycles. The molecule has 2 aromatic heterocycles. The minimum atomic E-state index is -1.17. The second-order valence-corrected chi connectivity index (χ2v) is 8.89. The van der Waals surface area contributed by atoms with Crippen molar-refractivity contribution in [2.75, 3.05) is 0 Å². The third-order valence-electron chi connectivity index (χ3n) is 5.59. The number of rotatable bonds is 7. The Labute approximate surface area is 173 Å². The number of carbonyl (C=O) groups excluding carboxylic acids is 1. The molecule has 0 spiro atoms. The number of aromatic nitrogens is 4. The summed E-state index contributed by atoms with van der Waals surface area (Å²) in [4.78, 5) is 46.2. The van der Waals surface area contributed by atoms with Gasteiger partial charge in [-0.25, -0.2) is 14.8 Å². The van der Waals surface area contributed by atoms with E-state index in [4.69, 9.17) is 0 Å². The van der Waals surface area contributed by atoms with Crippen LogP contribution in [0.2, 0.25) is 0 Å². The average Bonchev–Trinajstić information content (AvgIpc) is 2.73. The Morgan fingerprint density at radius 2 is 1.86 bits per heavy atom. The third kappa shape index (κ3) is 4.39. The summed E-state index contributed by atoms with van der Waals surface area (Å²) in [6.45, 7) is 1.99. The van der Waals surface area contributed by atoms with Gasteiger partial charge in [0.15, 0.2) is 5.65 Å². The predicted molar refractivity (Wildman–Crippen MR) is 110 cm³/mol. The van der Waals surface area contributed by atoms with Crippen LogP contribution in [0.4, 0.5) is 0 Å². The SMILES string of the molecule is CCCC[C@H](Sc1nc(C2CCCCC2)nc2c1c(=O)n(C)c(=O)n2C)C(=O)[O-]. The van der Waals surface area contributed by atoms with Gasteiger partial charge in [-0.3, -0.25) is 13.9 Å². The Hall–Kier alpha value is -2.16. The summed E-state index contributed by atoms with van der Waals surface area (Å²) >= 11 is 1.04. The van der Waals surface area contributed by atoms with E-state index in [9.17, 15) is 19.5 Å². The molecule has 1 fully saturated rings. The largest absolute Gasteiger partial charge is 0.549 e. The Balaban J connectivity index is 2.20. The van der Waals surface area contributed by atoms with Crippen LogP contribution in [0.1, 0.15) is 70.0 Å². The van der Waals surface area contributed by atoms with Gasteiger partial charge in [-0.05, 0) is 19.3 Å². The van der Waals surface area contributed by atoms with E-state index in [-0.39, 0.29) is 17.0 Å². The van der Waals surface area contributed by atoms with Crippen LogP contribution < -0.4 is 16.4 Å². The van der Waals surface area contributed by atoms with Crippen molar-refractivity contribution in [3.05, 3.63) is 26.7 Å². The van der Waals surface area contributed by atoms with Gasteiger partial charge in [0.25, 0.3) is 5.56 Å². The van der Waals surface area contributed by atoms with Crippen molar-refractivity contribution in [3.8, 4) is 0 Å². The standard InChI is InChI=1S/C20H28N4O4S/c1-4-5-11-13(19(26)27)29-17-14-16(23(2)20(28)24(3)18(14)25)21-15(22-17)12-9-7-6-8-10-12/h12-13H,4-11H2,1-3H3,(H,26,27)/p-1/t13-/m0/s1. The number of fused-ring (bicyclic) bond motifs is 1. The Kier molecular flexibility index (Phi) is 6.77. The van der Waals surface area contributed by atoms with Crippen LogP contribution in [0.3, 0.4) is 0 Å². The highest BCUT2D eigenvalue weighted by Crippen LogP contribution is 2.34. The van der Waals surface area contributed by atoms with Crippen molar-refractivity contribution >= 4 is 28.8 Å². The zero-order valence-corrected chi connectivity index (χ0v) is 18.0. The molecule has 0 saturated heterocycles. The van der Waals surface area contributed by atoms with Crippen LogP contribution >= 0.6 is 11.8 Å². The van der Waals surface area contributed by atoms with Crippen LogP contribution in [-0.2, 0) is 18.9 Å². The highest BCUT2D eigenvalue weighted by molar-refractivity contribution is 8.00. The smallest absolute Gasteiger partial charge is 0.332 e. The van der Waals surface area contributed by atoms with E-state index >= 15 is 0 Å². The first-order valence-electron chi connectivity index (χ1n) is 10.2. The molecule has 3 rings (SSSR count). The number of carbonyl (C=O) groups is 1. The molecule has 0 N–H and O–H groups in total. The van der Waals surface area contributed by atoms with Crippen LogP contribution in [0, 0.1) is 0 Å². The van der Waals surface area contributed by atoms with E-state index in [1.807, 2.05) is 6.92 Å². The highest BCUT2D eigenvalue weighted by Gasteiger charge is 2.25. The summed E-state index contributed by atoms with van der Waals surface area (Å²) in [6, 6.07) is 0. The van der Waals surface area contributed by atoms with E-state index in [1.54, 1.807) is 7.05 Å². The minimum Gasteiger partial charge on any atom is -0.549 e. The maximum Gasteiger partial charge on any atom is 0.332 e. The number of carboxylic acid groups (broad SMARTS) is 1. The Bertz CT molecular complexity index is 1020. The van der Waals surface area contributed by atoms with Gasteiger partial charge < -0.3 is 9.90 Å². The van der Waals surface area contributed by atoms with Gasteiger partial charge in [-0.1, -0.05) is 50.8 Å². The first kappa shape index (κ1) is 21.5. The fourth-order valence-electron chi connectivity index (χ4n) is 3.82. The summed E-state index contributed by atoms with van der Waals surface area (Å²) in [5.74, 6) is -0.421. The fourth-order valence-corrected chi connectivity index (χ4v) is 4.92. The molecule has 9 heteroatoms. The predicted octanol–water partition coefficient (Wildman–Crippen LogP) is 1.48. The van der Waals surface area contributed by atoms with E-state index in [0.717, 1.165) is 54.9 Å². The van der Waals surface area contributed by atoms with E-state index in [1.165, 1.54) is 18.0 Å². The number of unbranched alkanes of at least 4 members (excludes halogenated alkanes) is 1. The van der Waals surface area contributed by atoms with Crippen molar-refractivity contribution in [3.63, 3.8) is 0 Å². The van der Waals surface area contributed by atoms with Crippen LogP contribution in [0.25, 0.3) is 11.0 Å². The molecule has 2 heterocycles. The van der Waals surface area contributed by atoms with E-state index in [2.05, 4.69) is 9.97 Å². The van der Waals surface area contributed by atoms with Gasteiger partial charge in [0.1, 0.15) is 16.2 Å². The average molecular weight is 420 g/mol. The van der Waals surface area contributed by atoms with Crippen molar-refractivity contribution in [2.45, 2.75) is 74.5 Å². The lowest BCUT2D eigenvalue weighted by molar-refractivity contribution is -0.304. The normalized spacial score (nSPS) is 16.2. The van der Waals surface area contributed by atoms with Crippen molar-refractivity contribution in [2.24, 2.45) is 14.1 Å². The second kappa shape index (κ2) is 9.11. The maximum atomic E-state index is 12.9. The summed E-state index contributed by atoms with van der Waals surface area (Å²) in [5.41, 5.74) is -0.702. The Morgan fingerprint density at radius 1 is 1.17 bits per heavy atom. The van der Waals surface area contributed by atoms with Crippen LogP contribution in [0.15, 0.2) is 14.6 Å². The lowest BCUT2D eigenvalue weighted by Crippen LogP contribution is -2.38. The number of hydrogen-bond donors (Lipinski definition) is 0. The van der Waals surface area contributed by atoms with Gasteiger partial charge in [-0.15, -0.1) is 0 Å². The zero-order valence-electron chi connectivity index (χ0n) is 17.1. The quantitative estimate of drug-likeness (QED) is 0.494. The number of nitrogens with zero attached hydrogens (tertiary/aromatic N) is 4. The van der Waals surface area contributed by atoms with Crippen molar-refractivity contribution in [1.82, 2.24) is 19.1 Å². The first-order chi connectivity index (χ1) is 13.8. The lowest BCUT2D eigenvalue weighted by Gasteiger charge is -2.23. The maximum absolute atomic E-state index is 12.9. The lowest BCUT2D eigenvalue weighted by atomic mass is 9.89. The first-order valence-corrected chi connectivity index (χ1v) is 11.1. The molecule has 8 nitrogen and oxygen atoms in total. The van der Waals surface area contributed by atoms with Gasteiger partial charge in [-0.2, -0.15) is 0 Å². The van der Waals surface area contributed by atoms with Gasteiger partial charge in [0.05, 0.1) is 11.2 Å². The number of hydrogen-bond acceptors (Lipinski definition) is 7. The molecule has 1 saturated carbocycles. The highest BCUT2D eigenvalue weighted by atomic mass is 32.2. The van der Waals surface area contributed by atoms with Gasteiger partial charge in [0, 0.05) is 20.0 Å². The van der Waals surface area contributed by atoms with Gasteiger partial charge in [0.2, 0.25) is 0 Å². The van der Waals surface area contributed by atoms with Crippen LogP contribution in [0.5, 0.6) is 0 Å². The molecular weight excluding hydrogens is 392 g/mol. The summed E-state index contributed by atoms with van der Waals surface area (Å²) in [7, 11) is 2.98. The monoisotopic (exact) mass is 419 g/mol. The molecule has 1 aliphatic rings. The topological polar surface area (TPSA) is 110 Å². The molecule has 1 atom stereocenters. The molecule has 0 bridgehead atoms. The minimum absolute atomic E-state index is 0.156. The Morgan fingerprint density at radius 3 is 2.48 bits per heavy atom. The van der Waals surface area contributed by atoms with E-state index in [0.29, 0.717) is 17.3 Å². The molecule has 0 radical (unpaired) electrons. The molecule has 2 aromatic rings. The van der Waals surface area contributed by atoms with Crippen LogP contribution in [-0.4, -0.2) is 30.3 Å². The molecular formula is C20H27N4O4S-. The zero-order chi connectivity index (χ0) is 21.1. The summed E-state index contributed by atoms with van der Waals surface area (Å²) in [5, 5.41) is 11.4. The number of carboxylic acids is 1. The fraction of sp³-hybridized carbons (Fsp3) is 0.650. The van der Waals surface area contributed by atoms with Crippen molar-refractivity contribution in [1.29, 1.82) is 0 Å². The molecule has 1 aliphatic carbocycles. The number of aliphatic carboxylic acids is 1. The summed E-state index contributed by atoms with van der Waals surface area (Å²) in [6.07, 6.45) is 7.28. The molecule has 158 valence electrons. The number of thioether (sulfide) groups is 1. The number of aryl methyl sites for hydroxylation is 1. The second-order valence-electron chi connectivity index (χ2n) is 7.69.